The van der Waals surface area contributed by atoms with Gasteiger partial charge in [-0.25, -0.2) is 4.79 Å². The van der Waals surface area contributed by atoms with Gasteiger partial charge in [-0.05, 0) is 12.1 Å². The number of non-ortho nitro benzene ring substituents is 1. The van der Waals surface area contributed by atoms with Gasteiger partial charge in [-0.2, -0.15) is 0 Å². The highest BCUT2D eigenvalue weighted by molar-refractivity contribution is 6.32. The Labute approximate surface area is 119 Å². The number of esters is 1. The van der Waals surface area contributed by atoms with Gasteiger partial charge in [-0.15, -0.1) is 0 Å². The Hall–Kier alpha value is -2.41. The molecule has 0 heterocycles. The minimum Gasteiger partial charge on any atom is -0.464 e. The maximum Gasteiger partial charge on any atom is 0.354 e. The number of halogens is 1. The van der Waals surface area contributed by atoms with Crippen LogP contribution in [0.4, 0.5) is 5.69 Å². The molecule has 1 rings (SSSR count). The lowest BCUT2D eigenvalue weighted by atomic mass is 10.1. The van der Waals surface area contributed by atoms with E-state index in [1.54, 1.807) is 0 Å². The minimum absolute atomic E-state index is 0.164. The van der Waals surface area contributed by atoms with E-state index in [0.717, 1.165) is 7.11 Å². The number of nitro benzene ring substituents is 1. The van der Waals surface area contributed by atoms with Crippen LogP contribution < -0.4 is 5.32 Å². The standard InChI is InChI=1S/C12H11ClN2O5/c1-7(16)14-11(12(17)20-2)6-8-5-9(15(18)19)3-4-10(8)13/h3-6H,1-2H3,(H,14,16)/b11-6-. The Kier molecular flexibility index (Phi) is 5.22. The highest BCUT2D eigenvalue weighted by Gasteiger charge is 2.14. The molecule has 0 saturated heterocycles. The van der Waals surface area contributed by atoms with Gasteiger partial charge >= 0.3 is 5.97 Å². The Morgan fingerprint density at radius 1 is 1.45 bits per heavy atom. The molecule has 0 aromatic heterocycles. The van der Waals surface area contributed by atoms with Crippen LogP contribution in [-0.2, 0) is 14.3 Å². The first-order chi connectivity index (χ1) is 9.35. The summed E-state index contributed by atoms with van der Waals surface area (Å²) >= 11 is 5.90. The average Bonchev–Trinajstić information content (AvgIpc) is 2.38. The van der Waals surface area contributed by atoms with Gasteiger partial charge in [0.1, 0.15) is 5.70 Å². The number of nitrogens with one attached hydrogen (secondary N) is 1. The quantitative estimate of drug-likeness (QED) is 0.396. The second-order valence-electron chi connectivity index (χ2n) is 3.69. The Balaban J connectivity index is 3.28. The molecule has 0 aliphatic carbocycles. The predicted octanol–water partition coefficient (Wildman–Crippen LogP) is 1.90. The van der Waals surface area contributed by atoms with Crippen molar-refractivity contribution in [3.63, 3.8) is 0 Å². The van der Waals surface area contributed by atoms with E-state index >= 15 is 0 Å². The van der Waals surface area contributed by atoms with Crippen LogP contribution in [0.25, 0.3) is 6.08 Å². The Bertz CT molecular complexity index is 598. The smallest absolute Gasteiger partial charge is 0.354 e. The largest absolute Gasteiger partial charge is 0.464 e. The molecule has 0 bridgehead atoms. The third kappa shape index (κ3) is 4.06. The fraction of sp³-hybridized carbons (Fsp3) is 0.167. The zero-order valence-electron chi connectivity index (χ0n) is 10.7. The van der Waals surface area contributed by atoms with Gasteiger partial charge in [0.05, 0.1) is 12.0 Å². The molecule has 0 unspecified atom stereocenters. The molecular weight excluding hydrogens is 288 g/mol. The van der Waals surface area contributed by atoms with Crippen LogP contribution in [-0.4, -0.2) is 23.9 Å². The fourth-order valence-corrected chi connectivity index (χ4v) is 1.53. The fourth-order valence-electron chi connectivity index (χ4n) is 1.36. The highest BCUT2D eigenvalue weighted by Crippen LogP contribution is 2.24. The van der Waals surface area contributed by atoms with Gasteiger partial charge in [0.25, 0.3) is 5.69 Å². The Morgan fingerprint density at radius 2 is 2.10 bits per heavy atom. The molecule has 106 valence electrons. The number of hydrogen-bond acceptors (Lipinski definition) is 5. The number of benzene rings is 1. The van der Waals surface area contributed by atoms with Gasteiger partial charge in [0, 0.05) is 29.6 Å². The van der Waals surface area contributed by atoms with Gasteiger partial charge in [-0.3, -0.25) is 14.9 Å². The number of methoxy groups -OCH3 is 1. The molecule has 1 aromatic carbocycles. The molecule has 0 aliphatic heterocycles. The molecule has 0 fully saturated rings. The molecule has 0 atom stereocenters. The normalized spacial score (nSPS) is 10.8. The Morgan fingerprint density at radius 3 is 2.60 bits per heavy atom. The number of nitrogens with zero attached hydrogens (tertiary/aromatic N) is 1. The predicted molar refractivity (Wildman–Crippen MR) is 71.9 cm³/mol. The molecule has 8 heteroatoms. The molecule has 1 aromatic rings. The zero-order valence-corrected chi connectivity index (χ0v) is 11.4. The van der Waals surface area contributed by atoms with Crippen molar-refractivity contribution in [3.8, 4) is 0 Å². The van der Waals surface area contributed by atoms with Crippen LogP contribution >= 0.6 is 11.6 Å². The number of nitro groups is 1. The van der Waals surface area contributed by atoms with E-state index < -0.39 is 16.8 Å². The van der Waals surface area contributed by atoms with Crippen LogP contribution in [0.15, 0.2) is 23.9 Å². The molecular formula is C12H11ClN2O5. The summed E-state index contributed by atoms with van der Waals surface area (Å²) in [6, 6.07) is 3.75. The SMILES string of the molecule is COC(=O)/C(=C/c1cc([N+](=O)[O-])ccc1Cl)NC(C)=O. The first-order valence-electron chi connectivity index (χ1n) is 5.36. The summed E-state index contributed by atoms with van der Waals surface area (Å²) in [4.78, 5) is 32.6. The molecule has 0 aliphatic rings. The number of carbonyl (C=O) groups is 2. The van der Waals surface area contributed by atoms with E-state index in [-0.39, 0.29) is 22.0 Å². The van der Waals surface area contributed by atoms with E-state index in [4.69, 9.17) is 11.6 Å². The summed E-state index contributed by atoms with van der Waals surface area (Å²) in [6.07, 6.45) is 1.21. The minimum atomic E-state index is -0.789. The third-order valence-electron chi connectivity index (χ3n) is 2.21. The van der Waals surface area contributed by atoms with E-state index in [9.17, 15) is 19.7 Å². The molecule has 0 spiro atoms. The van der Waals surface area contributed by atoms with Crippen molar-refractivity contribution in [1.29, 1.82) is 0 Å². The summed E-state index contributed by atoms with van der Waals surface area (Å²) in [6.45, 7) is 1.21. The number of rotatable bonds is 4. The monoisotopic (exact) mass is 298 g/mol. The van der Waals surface area contributed by atoms with Gasteiger partial charge in [-0.1, -0.05) is 11.6 Å². The van der Waals surface area contributed by atoms with Crippen LogP contribution in [0.1, 0.15) is 12.5 Å². The lowest BCUT2D eigenvalue weighted by molar-refractivity contribution is -0.384. The average molecular weight is 299 g/mol. The molecule has 20 heavy (non-hydrogen) atoms. The highest BCUT2D eigenvalue weighted by atomic mass is 35.5. The van der Waals surface area contributed by atoms with Crippen molar-refractivity contribution in [2.75, 3.05) is 7.11 Å². The third-order valence-corrected chi connectivity index (χ3v) is 2.55. The zero-order chi connectivity index (χ0) is 15.3. The van der Waals surface area contributed by atoms with Crippen molar-refractivity contribution in [1.82, 2.24) is 5.32 Å². The van der Waals surface area contributed by atoms with Gasteiger partial charge < -0.3 is 10.1 Å². The van der Waals surface area contributed by atoms with Gasteiger partial charge in [0.15, 0.2) is 0 Å². The summed E-state index contributed by atoms with van der Waals surface area (Å²) in [7, 11) is 1.15. The van der Waals surface area contributed by atoms with E-state index in [1.165, 1.54) is 31.2 Å². The lowest BCUT2D eigenvalue weighted by Gasteiger charge is -2.06. The number of carbonyl (C=O) groups excluding carboxylic acids is 2. The molecule has 0 saturated carbocycles. The van der Waals surface area contributed by atoms with E-state index in [0.29, 0.717) is 0 Å². The van der Waals surface area contributed by atoms with Crippen molar-refractivity contribution < 1.29 is 19.2 Å². The van der Waals surface area contributed by atoms with E-state index in [2.05, 4.69) is 10.1 Å². The van der Waals surface area contributed by atoms with Gasteiger partial charge in [0.2, 0.25) is 5.91 Å². The second-order valence-corrected chi connectivity index (χ2v) is 4.10. The van der Waals surface area contributed by atoms with Crippen molar-refractivity contribution in [2.24, 2.45) is 0 Å². The summed E-state index contributed by atoms with van der Waals surface area (Å²) in [5.74, 6) is -1.27. The molecule has 0 radical (unpaired) electrons. The van der Waals surface area contributed by atoms with Crippen LogP contribution in [0.3, 0.4) is 0 Å². The summed E-state index contributed by atoms with van der Waals surface area (Å²) in [5, 5.41) is 13.2. The maximum absolute atomic E-state index is 11.5. The van der Waals surface area contributed by atoms with Crippen molar-refractivity contribution >= 4 is 35.2 Å². The molecule has 7 nitrogen and oxygen atoms in total. The van der Waals surface area contributed by atoms with Crippen LogP contribution in [0.2, 0.25) is 5.02 Å². The second kappa shape index (κ2) is 6.67. The number of amides is 1. The number of ether oxygens (including phenoxy) is 1. The first kappa shape index (κ1) is 15.6. The van der Waals surface area contributed by atoms with Crippen molar-refractivity contribution in [3.05, 3.63) is 44.6 Å². The summed E-state index contributed by atoms with van der Waals surface area (Å²) < 4.78 is 4.50. The lowest BCUT2D eigenvalue weighted by Crippen LogP contribution is -2.25. The first-order valence-corrected chi connectivity index (χ1v) is 5.74. The van der Waals surface area contributed by atoms with Crippen LogP contribution in [0.5, 0.6) is 0 Å². The summed E-state index contributed by atoms with van der Waals surface area (Å²) in [5.41, 5.74) is -0.134. The maximum atomic E-state index is 11.5. The van der Waals surface area contributed by atoms with E-state index in [1.807, 2.05) is 0 Å². The molecule has 1 N–H and O–H groups in total. The van der Waals surface area contributed by atoms with Crippen molar-refractivity contribution in [2.45, 2.75) is 6.92 Å². The number of hydrogen-bond donors (Lipinski definition) is 1. The van der Waals surface area contributed by atoms with Crippen LogP contribution in [0, 0.1) is 10.1 Å². The molecule has 1 amide bonds. The topological polar surface area (TPSA) is 98.5 Å².